The van der Waals surface area contributed by atoms with E-state index in [4.69, 9.17) is 19.9 Å². The van der Waals surface area contributed by atoms with Crippen molar-refractivity contribution in [1.82, 2.24) is 5.32 Å². The van der Waals surface area contributed by atoms with E-state index in [1.54, 1.807) is 0 Å². The summed E-state index contributed by atoms with van der Waals surface area (Å²) in [6, 6.07) is 0. The van der Waals surface area contributed by atoms with E-state index in [1.165, 1.54) is 6.92 Å². The average molecular weight is 257 g/mol. The SMILES string of the molecule is CC(CCNCO)C(CO)(CO)S(=O)(=O)O. The molecule has 5 N–H and O–H groups in total. The highest BCUT2D eigenvalue weighted by Crippen LogP contribution is 2.27. The highest BCUT2D eigenvalue weighted by atomic mass is 32.2. The molecule has 0 fully saturated rings. The predicted molar refractivity (Wildman–Crippen MR) is 57.3 cm³/mol. The fourth-order valence-corrected chi connectivity index (χ4v) is 2.39. The van der Waals surface area contributed by atoms with Gasteiger partial charge < -0.3 is 15.3 Å². The summed E-state index contributed by atoms with van der Waals surface area (Å²) in [5.74, 6) is -0.656. The lowest BCUT2D eigenvalue weighted by Gasteiger charge is -2.32. The first-order valence-corrected chi connectivity index (χ1v) is 6.30. The van der Waals surface area contributed by atoms with Gasteiger partial charge in [-0.2, -0.15) is 8.42 Å². The van der Waals surface area contributed by atoms with Crippen LogP contribution in [0, 0.1) is 5.92 Å². The van der Waals surface area contributed by atoms with Crippen molar-refractivity contribution >= 4 is 10.1 Å². The first-order valence-electron chi connectivity index (χ1n) is 4.86. The van der Waals surface area contributed by atoms with Gasteiger partial charge in [0.25, 0.3) is 10.1 Å². The number of hydrogen-bond acceptors (Lipinski definition) is 6. The molecule has 0 radical (unpaired) electrons. The highest BCUT2D eigenvalue weighted by molar-refractivity contribution is 7.87. The lowest BCUT2D eigenvalue weighted by Crippen LogP contribution is -2.51. The van der Waals surface area contributed by atoms with Crippen LogP contribution in [0.3, 0.4) is 0 Å². The molecule has 0 rings (SSSR count). The molecule has 98 valence electrons. The number of rotatable bonds is 8. The molecule has 0 saturated carbocycles. The van der Waals surface area contributed by atoms with Crippen molar-refractivity contribution in [3.8, 4) is 0 Å². The maximum absolute atomic E-state index is 11.2. The summed E-state index contributed by atoms with van der Waals surface area (Å²) in [4.78, 5) is 0. The van der Waals surface area contributed by atoms with Crippen LogP contribution in [-0.2, 0) is 10.1 Å². The van der Waals surface area contributed by atoms with E-state index in [1.807, 2.05) is 0 Å². The molecule has 0 heterocycles. The Morgan fingerprint density at radius 1 is 1.25 bits per heavy atom. The topological polar surface area (TPSA) is 127 Å². The molecule has 7 nitrogen and oxygen atoms in total. The molecule has 1 unspecified atom stereocenters. The molecule has 0 aromatic heterocycles. The normalized spacial score (nSPS) is 15.1. The second-order valence-corrected chi connectivity index (χ2v) is 5.47. The van der Waals surface area contributed by atoms with Crippen molar-refractivity contribution in [3.05, 3.63) is 0 Å². The van der Waals surface area contributed by atoms with Gasteiger partial charge in [-0.1, -0.05) is 6.92 Å². The van der Waals surface area contributed by atoms with Crippen molar-refractivity contribution in [2.24, 2.45) is 5.92 Å². The highest BCUT2D eigenvalue weighted by Gasteiger charge is 2.46. The molecule has 0 aromatic rings. The van der Waals surface area contributed by atoms with Crippen molar-refractivity contribution in [2.45, 2.75) is 18.1 Å². The van der Waals surface area contributed by atoms with Crippen molar-refractivity contribution < 1.29 is 28.3 Å². The molecule has 0 spiro atoms. The van der Waals surface area contributed by atoms with E-state index in [9.17, 15) is 8.42 Å². The number of nitrogens with one attached hydrogen (secondary N) is 1. The van der Waals surface area contributed by atoms with Crippen molar-refractivity contribution in [1.29, 1.82) is 0 Å². The average Bonchev–Trinajstić information content (AvgIpc) is 2.18. The summed E-state index contributed by atoms with van der Waals surface area (Å²) in [7, 11) is -4.55. The monoisotopic (exact) mass is 257 g/mol. The van der Waals surface area contributed by atoms with Gasteiger partial charge in [-0.25, -0.2) is 0 Å². The molecule has 0 aromatic carbocycles. The second kappa shape index (κ2) is 6.48. The summed E-state index contributed by atoms with van der Waals surface area (Å²) < 4.78 is 29.4. The fourth-order valence-electron chi connectivity index (χ4n) is 1.44. The molecule has 0 bridgehead atoms. The van der Waals surface area contributed by atoms with E-state index in [0.29, 0.717) is 6.54 Å². The Balaban J connectivity index is 4.78. The molecular weight excluding hydrogens is 238 g/mol. The minimum Gasteiger partial charge on any atom is -0.395 e. The van der Waals surface area contributed by atoms with Crippen molar-refractivity contribution in [3.63, 3.8) is 0 Å². The summed E-state index contributed by atoms with van der Waals surface area (Å²) in [6.45, 7) is -0.150. The van der Waals surface area contributed by atoms with Gasteiger partial charge in [0.05, 0.1) is 19.9 Å². The van der Waals surface area contributed by atoms with E-state index in [-0.39, 0.29) is 13.2 Å². The molecular formula is C8H19NO6S. The third kappa shape index (κ3) is 3.37. The molecule has 0 aliphatic rings. The quantitative estimate of drug-likeness (QED) is 0.196. The van der Waals surface area contributed by atoms with Crippen molar-refractivity contribution in [2.75, 3.05) is 26.5 Å². The van der Waals surface area contributed by atoms with Crippen LogP contribution in [0.4, 0.5) is 0 Å². The summed E-state index contributed by atoms with van der Waals surface area (Å²) in [5.41, 5.74) is 0. The van der Waals surface area contributed by atoms with Gasteiger partial charge in [0, 0.05) is 0 Å². The van der Waals surface area contributed by atoms with E-state index < -0.39 is 34.0 Å². The smallest absolute Gasteiger partial charge is 0.275 e. The third-order valence-electron chi connectivity index (χ3n) is 2.81. The van der Waals surface area contributed by atoms with Gasteiger partial charge >= 0.3 is 0 Å². The van der Waals surface area contributed by atoms with Gasteiger partial charge in [0.2, 0.25) is 0 Å². The first kappa shape index (κ1) is 15.8. The number of aliphatic hydroxyl groups excluding tert-OH is 3. The van der Waals surface area contributed by atoms with E-state index in [2.05, 4.69) is 5.32 Å². The Kier molecular flexibility index (Phi) is 6.38. The van der Waals surface area contributed by atoms with Crippen LogP contribution >= 0.6 is 0 Å². The summed E-state index contributed by atoms with van der Waals surface area (Å²) in [5, 5.41) is 29.2. The van der Waals surface area contributed by atoms with Crippen LogP contribution in [0.1, 0.15) is 13.3 Å². The second-order valence-electron chi connectivity index (χ2n) is 3.70. The van der Waals surface area contributed by atoms with Gasteiger partial charge in [0.1, 0.15) is 4.75 Å². The third-order valence-corrected chi connectivity index (χ3v) is 4.50. The fraction of sp³-hybridized carbons (Fsp3) is 1.00. The van der Waals surface area contributed by atoms with Crippen LogP contribution < -0.4 is 5.32 Å². The Morgan fingerprint density at radius 2 is 1.75 bits per heavy atom. The Bertz CT molecular complexity index is 287. The maximum Gasteiger partial charge on any atom is 0.275 e. The van der Waals surface area contributed by atoms with Crippen LogP contribution in [0.15, 0.2) is 0 Å². The Morgan fingerprint density at radius 3 is 2.06 bits per heavy atom. The van der Waals surface area contributed by atoms with Crippen LogP contribution in [0.5, 0.6) is 0 Å². The molecule has 0 aliphatic heterocycles. The van der Waals surface area contributed by atoms with E-state index >= 15 is 0 Å². The minimum atomic E-state index is -4.55. The van der Waals surface area contributed by atoms with Crippen LogP contribution in [0.25, 0.3) is 0 Å². The molecule has 8 heteroatoms. The lowest BCUT2D eigenvalue weighted by molar-refractivity contribution is 0.119. The molecule has 16 heavy (non-hydrogen) atoms. The number of hydrogen-bond donors (Lipinski definition) is 5. The van der Waals surface area contributed by atoms with Crippen LogP contribution in [0.2, 0.25) is 0 Å². The summed E-state index contributed by atoms with van der Waals surface area (Å²) >= 11 is 0. The zero-order valence-electron chi connectivity index (χ0n) is 9.13. The standard InChI is InChI=1S/C8H19NO6S/c1-7(2-3-9-6-12)8(4-10,5-11)16(13,14)15/h7,9-12H,2-6H2,1H3,(H,13,14,15). The zero-order chi connectivity index (χ0) is 12.8. The molecule has 0 amide bonds. The summed E-state index contributed by atoms with van der Waals surface area (Å²) in [6.07, 6.45) is 0.279. The Labute approximate surface area is 94.9 Å². The maximum atomic E-state index is 11.2. The van der Waals surface area contributed by atoms with Crippen LogP contribution in [-0.4, -0.2) is 59.5 Å². The predicted octanol–water partition coefficient (Wildman–Crippen LogP) is -1.84. The van der Waals surface area contributed by atoms with Gasteiger partial charge in [-0.15, -0.1) is 0 Å². The molecule has 0 aliphatic carbocycles. The van der Waals surface area contributed by atoms with E-state index in [0.717, 1.165) is 0 Å². The largest absolute Gasteiger partial charge is 0.395 e. The minimum absolute atomic E-state index is 0.246. The first-order chi connectivity index (χ1) is 7.35. The number of aliphatic hydroxyl groups is 3. The van der Waals surface area contributed by atoms with Gasteiger partial charge in [0.15, 0.2) is 0 Å². The lowest BCUT2D eigenvalue weighted by atomic mass is 9.91. The van der Waals surface area contributed by atoms with Gasteiger partial charge in [-0.3, -0.25) is 9.87 Å². The molecule has 1 atom stereocenters. The molecule has 0 saturated heterocycles. The Hall–Kier alpha value is -0.250. The van der Waals surface area contributed by atoms with Gasteiger partial charge in [-0.05, 0) is 18.9 Å². The zero-order valence-corrected chi connectivity index (χ0v) is 9.94.